The maximum atomic E-state index is 11.8. The first kappa shape index (κ1) is 13.0. The van der Waals surface area contributed by atoms with Gasteiger partial charge >= 0.3 is 0 Å². The second-order valence-electron chi connectivity index (χ2n) is 4.05. The van der Waals surface area contributed by atoms with E-state index in [-0.39, 0.29) is 5.91 Å². The van der Waals surface area contributed by atoms with Crippen molar-refractivity contribution in [3.05, 3.63) is 54.1 Å². The molecule has 98 valence electrons. The zero-order valence-electron chi connectivity index (χ0n) is 10.8. The van der Waals surface area contributed by atoms with E-state index < -0.39 is 0 Å². The van der Waals surface area contributed by atoms with E-state index in [1.54, 1.807) is 24.7 Å². The van der Waals surface area contributed by atoms with Gasteiger partial charge in [0.1, 0.15) is 5.69 Å². The number of carbonyl (C=O) groups excluding carboxylic acids is 1. The molecule has 2 N–H and O–H groups in total. The van der Waals surface area contributed by atoms with E-state index in [0.29, 0.717) is 12.2 Å². The Balaban J connectivity index is 1.84. The minimum Gasteiger partial charge on any atom is -0.387 e. The molecular formula is C14H16N4O. The normalized spacial score (nSPS) is 9.95. The van der Waals surface area contributed by atoms with Crippen molar-refractivity contribution in [1.82, 2.24) is 15.3 Å². The first-order valence-corrected chi connectivity index (χ1v) is 6.10. The van der Waals surface area contributed by atoms with Crippen LogP contribution in [0.15, 0.2) is 42.9 Å². The van der Waals surface area contributed by atoms with Gasteiger partial charge in [0.05, 0.1) is 11.9 Å². The average Bonchev–Trinajstić information content (AvgIpc) is 2.48. The zero-order chi connectivity index (χ0) is 13.5. The molecule has 0 atom stereocenters. The summed E-state index contributed by atoms with van der Waals surface area (Å²) in [5.74, 6) is -0.161. The summed E-state index contributed by atoms with van der Waals surface area (Å²) in [5.41, 5.74) is 2.40. The fourth-order valence-electron chi connectivity index (χ4n) is 1.63. The molecule has 0 radical (unpaired) electrons. The minimum absolute atomic E-state index is 0.161. The van der Waals surface area contributed by atoms with Crippen molar-refractivity contribution in [3.63, 3.8) is 0 Å². The van der Waals surface area contributed by atoms with Crippen LogP contribution < -0.4 is 10.6 Å². The second-order valence-corrected chi connectivity index (χ2v) is 4.05. The van der Waals surface area contributed by atoms with Gasteiger partial charge in [0.2, 0.25) is 0 Å². The largest absolute Gasteiger partial charge is 0.387 e. The highest BCUT2D eigenvalue weighted by Crippen LogP contribution is 2.04. The number of carbonyl (C=O) groups is 1. The van der Waals surface area contributed by atoms with Gasteiger partial charge in [0.15, 0.2) is 0 Å². The van der Waals surface area contributed by atoms with Crippen LogP contribution in [0.2, 0.25) is 0 Å². The Labute approximate surface area is 112 Å². The summed E-state index contributed by atoms with van der Waals surface area (Å²) in [6, 6.07) is 7.39. The lowest BCUT2D eigenvalue weighted by molar-refractivity contribution is 0.0949. The summed E-state index contributed by atoms with van der Waals surface area (Å²) in [6.45, 7) is 0.569. The smallest absolute Gasteiger partial charge is 0.269 e. The van der Waals surface area contributed by atoms with E-state index in [1.165, 1.54) is 0 Å². The van der Waals surface area contributed by atoms with E-state index in [0.717, 1.165) is 17.7 Å². The van der Waals surface area contributed by atoms with Crippen LogP contribution in [0.25, 0.3) is 0 Å². The summed E-state index contributed by atoms with van der Waals surface area (Å²) in [5, 5.41) is 5.79. The van der Waals surface area contributed by atoms with Crippen LogP contribution >= 0.6 is 0 Å². The molecule has 2 aromatic heterocycles. The lowest BCUT2D eigenvalue weighted by atomic mass is 10.2. The Morgan fingerprint density at radius 3 is 2.79 bits per heavy atom. The third-order valence-corrected chi connectivity index (χ3v) is 2.71. The van der Waals surface area contributed by atoms with Crippen LogP contribution in [0, 0.1) is 0 Å². The topological polar surface area (TPSA) is 66.9 Å². The molecule has 0 saturated heterocycles. The standard InChI is InChI=1S/C14H16N4O/c1-15-12-4-5-13(18-10-12)14(19)17-8-6-11-3-2-7-16-9-11/h2-5,7,9-10,15H,6,8H2,1H3,(H,17,19). The number of nitrogens with zero attached hydrogens (tertiary/aromatic N) is 2. The highest BCUT2D eigenvalue weighted by molar-refractivity contribution is 5.92. The quantitative estimate of drug-likeness (QED) is 0.850. The van der Waals surface area contributed by atoms with Crippen LogP contribution in [-0.2, 0) is 6.42 Å². The minimum atomic E-state index is -0.161. The van der Waals surface area contributed by atoms with Crippen molar-refractivity contribution in [3.8, 4) is 0 Å². The summed E-state index contributed by atoms with van der Waals surface area (Å²) in [6.07, 6.45) is 5.92. The van der Waals surface area contributed by atoms with Gasteiger partial charge in [0, 0.05) is 26.0 Å². The number of amides is 1. The highest BCUT2D eigenvalue weighted by atomic mass is 16.1. The summed E-state index contributed by atoms with van der Waals surface area (Å²) in [7, 11) is 1.81. The molecule has 0 aliphatic heterocycles. The molecule has 0 aliphatic carbocycles. The highest BCUT2D eigenvalue weighted by Gasteiger charge is 2.05. The van der Waals surface area contributed by atoms with Crippen molar-refractivity contribution in [1.29, 1.82) is 0 Å². The lowest BCUT2D eigenvalue weighted by Gasteiger charge is -2.05. The molecule has 5 nitrogen and oxygen atoms in total. The van der Waals surface area contributed by atoms with Crippen molar-refractivity contribution >= 4 is 11.6 Å². The van der Waals surface area contributed by atoms with Crippen LogP contribution in [0.4, 0.5) is 5.69 Å². The van der Waals surface area contributed by atoms with Crippen LogP contribution in [0.1, 0.15) is 16.1 Å². The van der Waals surface area contributed by atoms with E-state index in [4.69, 9.17) is 0 Å². The van der Waals surface area contributed by atoms with Crippen molar-refractivity contribution < 1.29 is 4.79 Å². The molecule has 19 heavy (non-hydrogen) atoms. The zero-order valence-corrected chi connectivity index (χ0v) is 10.8. The first-order chi connectivity index (χ1) is 9.29. The monoisotopic (exact) mass is 256 g/mol. The maximum absolute atomic E-state index is 11.8. The summed E-state index contributed by atoms with van der Waals surface area (Å²) >= 11 is 0. The molecule has 2 rings (SSSR count). The van der Waals surface area contributed by atoms with Crippen LogP contribution in [-0.4, -0.2) is 29.5 Å². The Morgan fingerprint density at radius 1 is 1.26 bits per heavy atom. The molecule has 2 heterocycles. The molecule has 2 aromatic rings. The molecule has 0 aliphatic rings. The summed E-state index contributed by atoms with van der Waals surface area (Å²) in [4.78, 5) is 19.9. The number of anilines is 1. The molecule has 0 bridgehead atoms. The Hall–Kier alpha value is -2.43. The number of aromatic nitrogens is 2. The molecule has 0 spiro atoms. The SMILES string of the molecule is CNc1ccc(C(=O)NCCc2cccnc2)nc1. The third kappa shape index (κ3) is 3.77. The van der Waals surface area contributed by atoms with E-state index >= 15 is 0 Å². The molecule has 1 amide bonds. The van der Waals surface area contributed by atoms with Gasteiger partial charge < -0.3 is 10.6 Å². The molecule has 0 unspecified atom stereocenters. The number of hydrogen-bond acceptors (Lipinski definition) is 4. The van der Waals surface area contributed by atoms with Crippen molar-refractivity contribution in [2.45, 2.75) is 6.42 Å². The maximum Gasteiger partial charge on any atom is 0.269 e. The molecule has 0 aromatic carbocycles. The van der Waals surface area contributed by atoms with Crippen LogP contribution in [0.5, 0.6) is 0 Å². The first-order valence-electron chi connectivity index (χ1n) is 6.10. The number of nitrogens with one attached hydrogen (secondary N) is 2. The van der Waals surface area contributed by atoms with Gasteiger partial charge in [-0.05, 0) is 30.2 Å². The van der Waals surface area contributed by atoms with E-state index in [2.05, 4.69) is 20.6 Å². The van der Waals surface area contributed by atoms with Crippen LogP contribution in [0.3, 0.4) is 0 Å². The van der Waals surface area contributed by atoms with Gasteiger partial charge in [-0.3, -0.25) is 9.78 Å². The van der Waals surface area contributed by atoms with Gasteiger partial charge in [-0.2, -0.15) is 0 Å². The number of hydrogen-bond donors (Lipinski definition) is 2. The Morgan fingerprint density at radius 2 is 2.16 bits per heavy atom. The molecule has 0 saturated carbocycles. The third-order valence-electron chi connectivity index (χ3n) is 2.71. The second kappa shape index (κ2) is 6.49. The summed E-state index contributed by atoms with van der Waals surface area (Å²) < 4.78 is 0. The Kier molecular flexibility index (Phi) is 4.44. The molecular weight excluding hydrogens is 240 g/mol. The van der Waals surface area contributed by atoms with E-state index in [1.807, 2.05) is 25.2 Å². The lowest BCUT2D eigenvalue weighted by Crippen LogP contribution is -2.26. The van der Waals surface area contributed by atoms with Crippen molar-refractivity contribution in [2.75, 3.05) is 18.9 Å². The van der Waals surface area contributed by atoms with Crippen molar-refractivity contribution in [2.24, 2.45) is 0 Å². The number of pyridine rings is 2. The number of rotatable bonds is 5. The Bertz CT molecular complexity index is 525. The molecule has 0 fully saturated rings. The van der Waals surface area contributed by atoms with Gasteiger partial charge in [0.25, 0.3) is 5.91 Å². The van der Waals surface area contributed by atoms with Gasteiger partial charge in [-0.1, -0.05) is 6.07 Å². The predicted octanol–water partition coefficient (Wildman–Crippen LogP) is 1.49. The average molecular weight is 256 g/mol. The van der Waals surface area contributed by atoms with Gasteiger partial charge in [-0.15, -0.1) is 0 Å². The fourth-order valence-corrected chi connectivity index (χ4v) is 1.63. The predicted molar refractivity (Wildman–Crippen MR) is 74.1 cm³/mol. The fraction of sp³-hybridized carbons (Fsp3) is 0.214. The molecule has 5 heteroatoms. The van der Waals surface area contributed by atoms with Gasteiger partial charge in [-0.25, -0.2) is 4.98 Å². The van der Waals surface area contributed by atoms with E-state index in [9.17, 15) is 4.79 Å².